The summed E-state index contributed by atoms with van der Waals surface area (Å²) >= 11 is 0. The first-order valence-electron chi connectivity index (χ1n) is 10.4. The van der Waals surface area contributed by atoms with Gasteiger partial charge in [-0.25, -0.2) is 13.1 Å². The number of nitrogens with one attached hydrogen (secondary N) is 1. The minimum atomic E-state index is -5.05. The van der Waals surface area contributed by atoms with Gasteiger partial charge in [0.2, 0.25) is 10.0 Å². The van der Waals surface area contributed by atoms with Gasteiger partial charge in [-0.15, -0.1) is 13.2 Å². The molecular formula is C23H24F3NO6S. The van der Waals surface area contributed by atoms with Gasteiger partial charge < -0.3 is 14.2 Å². The Balaban J connectivity index is 1.81. The fourth-order valence-corrected chi connectivity index (χ4v) is 5.16. The van der Waals surface area contributed by atoms with Crippen LogP contribution in [0, 0.1) is 5.92 Å². The Morgan fingerprint density at radius 1 is 1.15 bits per heavy atom. The molecule has 0 bridgehead atoms. The molecule has 34 heavy (non-hydrogen) atoms. The molecule has 0 heterocycles. The number of carbonyl (C=O) groups excluding carboxylic acids is 1. The van der Waals surface area contributed by atoms with Crippen LogP contribution >= 0.6 is 0 Å². The molecule has 0 spiro atoms. The summed E-state index contributed by atoms with van der Waals surface area (Å²) in [5, 5.41) is 0. The van der Waals surface area contributed by atoms with E-state index < -0.39 is 50.9 Å². The molecule has 0 aromatic heterocycles. The number of esters is 1. The minimum Gasteiger partial charge on any atom is -0.497 e. The topological polar surface area (TPSA) is 90.9 Å². The van der Waals surface area contributed by atoms with Gasteiger partial charge in [-0.05, 0) is 49.1 Å². The van der Waals surface area contributed by atoms with Gasteiger partial charge in [0.05, 0.1) is 19.6 Å². The van der Waals surface area contributed by atoms with Crippen molar-refractivity contribution < 1.29 is 40.6 Å². The molecule has 0 radical (unpaired) electrons. The van der Waals surface area contributed by atoms with Crippen molar-refractivity contribution in [1.29, 1.82) is 0 Å². The Labute approximate surface area is 195 Å². The average Bonchev–Trinajstić information content (AvgIpc) is 3.20. The number of sulfonamides is 1. The quantitative estimate of drug-likeness (QED) is 0.412. The number of methoxy groups -OCH3 is 1. The molecule has 0 unspecified atom stereocenters. The van der Waals surface area contributed by atoms with E-state index in [2.05, 4.69) is 9.46 Å². The Hall–Kier alpha value is -3.05. The number of halogens is 3. The first-order chi connectivity index (χ1) is 16.0. The van der Waals surface area contributed by atoms with Crippen molar-refractivity contribution >= 4 is 16.0 Å². The zero-order valence-corrected chi connectivity index (χ0v) is 19.2. The lowest BCUT2D eigenvalue weighted by Crippen LogP contribution is -2.34. The van der Waals surface area contributed by atoms with Gasteiger partial charge >= 0.3 is 12.3 Å². The SMILES string of the molecule is CCOC(=O)[C@H](c1cccc(OC)c1)[C@@H]1C=C[C@@H](NS(=O)(=O)c2ccccc2OC(F)(F)F)C1. The largest absolute Gasteiger partial charge is 0.573 e. The van der Waals surface area contributed by atoms with Crippen LogP contribution in [0.5, 0.6) is 11.5 Å². The number of allylic oxidation sites excluding steroid dienone is 1. The van der Waals surface area contributed by atoms with Gasteiger partial charge in [0.15, 0.2) is 0 Å². The lowest BCUT2D eigenvalue weighted by atomic mass is 9.85. The van der Waals surface area contributed by atoms with Crippen LogP contribution in [0.25, 0.3) is 0 Å². The summed E-state index contributed by atoms with van der Waals surface area (Å²) in [6.07, 6.45) is -1.58. The van der Waals surface area contributed by atoms with Crippen LogP contribution in [-0.4, -0.2) is 40.5 Å². The highest BCUT2D eigenvalue weighted by molar-refractivity contribution is 7.89. The van der Waals surface area contributed by atoms with Crippen LogP contribution in [0.3, 0.4) is 0 Å². The number of carbonyl (C=O) groups is 1. The number of rotatable bonds is 9. The normalized spacial score (nSPS) is 19.0. The average molecular weight is 500 g/mol. The van der Waals surface area contributed by atoms with Crippen LogP contribution in [0.2, 0.25) is 0 Å². The fourth-order valence-electron chi connectivity index (χ4n) is 3.83. The predicted molar refractivity (Wildman–Crippen MR) is 117 cm³/mol. The molecule has 1 aliphatic rings. The summed E-state index contributed by atoms with van der Waals surface area (Å²) in [5.74, 6) is -1.89. The maximum atomic E-state index is 12.9. The van der Waals surface area contributed by atoms with E-state index in [4.69, 9.17) is 9.47 Å². The van der Waals surface area contributed by atoms with Crippen molar-refractivity contribution in [2.75, 3.05) is 13.7 Å². The highest BCUT2D eigenvalue weighted by atomic mass is 32.2. The lowest BCUT2D eigenvalue weighted by molar-refractivity contribution is -0.275. The summed E-state index contributed by atoms with van der Waals surface area (Å²) in [7, 11) is -2.86. The van der Waals surface area contributed by atoms with Crippen molar-refractivity contribution in [3.8, 4) is 11.5 Å². The molecule has 7 nitrogen and oxygen atoms in total. The van der Waals surface area contributed by atoms with Gasteiger partial charge in [-0.3, -0.25) is 4.79 Å². The number of hydrogen-bond donors (Lipinski definition) is 1. The van der Waals surface area contributed by atoms with Crippen LogP contribution < -0.4 is 14.2 Å². The van der Waals surface area contributed by atoms with Gasteiger partial charge in [0, 0.05) is 6.04 Å². The van der Waals surface area contributed by atoms with Crippen molar-refractivity contribution in [2.24, 2.45) is 5.92 Å². The zero-order chi connectivity index (χ0) is 24.9. The summed E-state index contributed by atoms with van der Waals surface area (Å²) in [4.78, 5) is 12.1. The van der Waals surface area contributed by atoms with E-state index in [-0.39, 0.29) is 13.0 Å². The van der Waals surface area contributed by atoms with Gasteiger partial charge in [0.1, 0.15) is 16.4 Å². The Kier molecular flexibility index (Phi) is 7.88. The molecule has 0 fully saturated rings. The van der Waals surface area contributed by atoms with E-state index in [0.29, 0.717) is 11.3 Å². The third-order valence-electron chi connectivity index (χ3n) is 5.21. The van der Waals surface area contributed by atoms with E-state index in [1.165, 1.54) is 19.2 Å². The van der Waals surface area contributed by atoms with Crippen molar-refractivity contribution in [3.63, 3.8) is 0 Å². The van der Waals surface area contributed by atoms with E-state index in [0.717, 1.165) is 12.1 Å². The second kappa shape index (κ2) is 10.5. The highest BCUT2D eigenvalue weighted by Crippen LogP contribution is 2.36. The molecule has 184 valence electrons. The lowest BCUT2D eigenvalue weighted by Gasteiger charge is -2.23. The number of benzene rings is 2. The van der Waals surface area contributed by atoms with Crippen molar-refractivity contribution in [2.45, 2.75) is 36.6 Å². The van der Waals surface area contributed by atoms with Crippen LogP contribution in [0.4, 0.5) is 13.2 Å². The van der Waals surface area contributed by atoms with Gasteiger partial charge in [-0.2, -0.15) is 0 Å². The van der Waals surface area contributed by atoms with Crippen LogP contribution in [0.15, 0.2) is 65.6 Å². The molecular weight excluding hydrogens is 475 g/mol. The molecule has 0 saturated carbocycles. The number of hydrogen-bond acceptors (Lipinski definition) is 6. The molecule has 2 aromatic carbocycles. The Bertz CT molecular complexity index is 1150. The Morgan fingerprint density at radius 2 is 1.88 bits per heavy atom. The monoisotopic (exact) mass is 499 g/mol. The molecule has 11 heteroatoms. The summed E-state index contributed by atoms with van der Waals surface area (Å²) in [5.41, 5.74) is 0.639. The second-order valence-electron chi connectivity index (χ2n) is 7.51. The van der Waals surface area contributed by atoms with Gasteiger partial charge in [-0.1, -0.05) is 36.4 Å². The smallest absolute Gasteiger partial charge is 0.497 e. The third-order valence-corrected chi connectivity index (χ3v) is 6.74. The number of alkyl halides is 3. The fraction of sp³-hybridized carbons (Fsp3) is 0.348. The molecule has 3 atom stereocenters. The Morgan fingerprint density at radius 3 is 2.56 bits per heavy atom. The zero-order valence-electron chi connectivity index (χ0n) is 18.4. The molecule has 1 N–H and O–H groups in total. The van der Waals surface area contributed by atoms with Crippen LogP contribution in [0.1, 0.15) is 24.8 Å². The number of para-hydroxylation sites is 1. The summed E-state index contributed by atoms with van der Waals surface area (Å²) in [6, 6.07) is 10.7. The summed E-state index contributed by atoms with van der Waals surface area (Å²) < 4.78 is 80.6. The third kappa shape index (κ3) is 6.29. The molecule has 3 rings (SSSR count). The molecule has 0 saturated heterocycles. The standard InChI is InChI=1S/C23H24F3NO6S/c1-3-32-22(28)21(15-7-6-8-18(14-15)31-2)16-11-12-17(13-16)27-34(29,30)20-10-5-4-9-19(20)33-23(24,25)26/h4-12,14,16-17,21,27H,3,13H2,1-2H3/t16-,17-,21-/m1/s1. The first kappa shape index (κ1) is 25.6. The van der Waals surface area contributed by atoms with E-state index in [9.17, 15) is 26.4 Å². The molecule has 0 amide bonds. The van der Waals surface area contributed by atoms with Crippen molar-refractivity contribution in [3.05, 3.63) is 66.2 Å². The van der Waals surface area contributed by atoms with Crippen LogP contribution in [-0.2, 0) is 19.6 Å². The van der Waals surface area contributed by atoms with Crippen molar-refractivity contribution in [1.82, 2.24) is 4.72 Å². The maximum absolute atomic E-state index is 12.9. The molecule has 0 aliphatic heterocycles. The molecule has 1 aliphatic carbocycles. The van der Waals surface area contributed by atoms with Gasteiger partial charge in [0.25, 0.3) is 0 Å². The van der Waals surface area contributed by atoms with E-state index in [1.807, 2.05) is 0 Å². The van der Waals surface area contributed by atoms with E-state index >= 15 is 0 Å². The highest BCUT2D eigenvalue weighted by Gasteiger charge is 2.37. The second-order valence-corrected chi connectivity index (χ2v) is 9.20. The number of ether oxygens (including phenoxy) is 3. The predicted octanol–water partition coefficient (Wildman–Crippen LogP) is 4.16. The summed E-state index contributed by atoms with van der Waals surface area (Å²) in [6.45, 7) is 1.85. The molecule has 2 aromatic rings. The van der Waals surface area contributed by atoms with E-state index in [1.54, 1.807) is 43.3 Å². The maximum Gasteiger partial charge on any atom is 0.573 e. The first-order valence-corrected chi connectivity index (χ1v) is 11.9. The minimum absolute atomic E-state index is 0.168.